The van der Waals surface area contributed by atoms with Crippen LogP contribution in [-0.2, 0) is 4.79 Å². The van der Waals surface area contributed by atoms with E-state index in [0.29, 0.717) is 26.2 Å². The zero-order chi connectivity index (χ0) is 11.5. The summed E-state index contributed by atoms with van der Waals surface area (Å²) in [6.07, 6.45) is 1.29. The predicted molar refractivity (Wildman–Crippen MR) is 52.5 cm³/mol. The molecule has 0 aromatic carbocycles. The maximum absolute atomic E-state index is 11.8. The molecule has 1 saturated heterocycles. The van der Waals surface area contributed by atoms with Crippen LogP contribution in [0.15, 0.2) is 10.8 Å². The van der Waals surface area contributed by atoms with Crippen molar-refractivity contribution in [3.05, 3.63) is 11.9 Å². The van der Waals surface area contributed by atoms with Gasteiger partial charge in [0, 0.05) is 33.1 Å². The first-order chi connectivity index (χ1) is 7.68. The lowest BCUT2D eigenvalue weighted by atomic mass is 10.3. The van der Waals surface area contributed by atoms with Gasteiger partial charge in [0.15, 0.2) is 5.69 Å². The zero-order valence-corrected chi connectivity index (χ0v) is 8.92. The Morgan fingerprint density at radius 3 is 2.38 bits per heavy atom. The predicted octanol–water partition coefficient (Wildman–Crippen LogP) is -0.626. The summed E-state index contributed by atoms with van der Waals surface area (Å²) in [5.41, 5.74) is 0.205. The number of carbonyl (C=O) groups excluding carboxylic acids is 2. The number of hydrogen-bond acceptors (Lipinski definition) is 5. The van der Waals surface area contributed by atoms with Crippen LogP contribution in [0.1, 0.15) is 17.4 Å². The molecule has 0 N–H and O–H groups in total. The molecule has 1 aliphatic heterocycles. The van der Waals surface area contributed by atoms with E-state index in [1.807, 2.05) is 0 Å². The minimum Gasteiger partial charge on any atom is -0.339 e. The molecule has 2 rings (SSSR count). The van der Waals surface area contributed by atoms with Gasteiger partial charge in [0.25, 0.3) is 5.91 Å². The SMILES string of the molecule is CC(=O)N1CCN(C(=O)c2cnon2)CC1. The normalized spacial score (nSPS) is 16.3. The Hall–Kier alpha value is -1.92. The summed E-state index contributed by atoms with van der Waals surface area (Å²) >= 11 is 0. The molecule has 1 aliphatic rings. The average Bonchev–Trinajstić information content (AvgIpc) is 2.81. The van der Waals surface area contributed by atoms with Crippen molar-refractivity contribution in [3.63, 3.8) is 0 Å². The summed E-state index contributed by atoms with van der Waals surface area (Å²) < 4.78 is 4.37. The van der Waals surface area contributed by atoms with Crippen molar-refractivity contribution < 1.29 is 14.2 Å². The van der Waals surface area contributed by atoms with Crippen molar-refractivity contribution in [3.8, 4) is 0 Å². The molecule has 7 nitrogen and oxygen atoms in total. The lowest BCUT2D eigenvalue weighted by molar-refractivity contribution is -0.130. The summed E-state index contributed by atoms with van der Waals surface area (Å²) in [7, 11) is 0. The molecule has 0 unspecified atom stereocenters. The third kappa shape index (κ3) is 2.02. The molecule has 16 heavy (non-hydrogen) atoms. The zero-order valence-electron chi connectivity index (χ0n) is 8.92. The second kappa shape index (κ2) is 4.30. The van der Waals surface area contributed by atoms with Crippen molar-refractivity contribution in [2.24, 2.45) is 0 Å². The van der Waals surface area contributed by atoms with Gasteiger partial charge in [-0.15, -0.1) is 0 Å². The summed E-state index contributed by atoms with van der Waals surface area (Å²) in [5.74, 6) is -0.167. The van der Waals surface area contributed by atoms with Crippen LogP contribution in [0, 0.1) is 0 Å². The number of hydrogen-bond donors (Lipinski definition) is 0. The maximum atomic E-state index is 11.8. The molecule has 2 heterocycles. The lowest BCUT2D eigenvalue weighted by Gasteiger charge is -2.33. The molecule has 0 aliphatic carbocycles. The van der Waals surface area contributed by atoms with E-state index in [2.05, 4.69) is 14.9 Å². The first kappa shape index (κ1) is 10.6. The van der Waals surface area contributed by atoms with E-state index in [4.69, 9.17) is 0 Å². The highest BCUT2D eigenvalue weighted by Crippen LogP contribution is 2.06. The maximum Gasteiger partial charge on any atom is 0.277 e. The van der Waals surface area contributed by atoms with E-state index in [1.165, 1.54) is 13.1 Å². The highest BCUT2D eigenvalue weighted by molar-refractivity contribution is 5.92. The highest BCUT2D eigenvalue weighted by Gasteiger charge is 2.24. The van der Waals surface area contributed by atoms with E-state index in [1.54, 1.807) is 9.80 Å². The second-order valence-electron chi connectivity index (χ2n) is 3.59. The largest absolute Gasteiger partial charge is 0.339 e. The molecule has 86 valence electrons. The molecule has 0 atom stereocenters. The van der Waals surface area contributed by atoms with E-state index >= 15 is 0 Å². The molecular formula is C9H12N4O3. The number of rotatable bonds is 1. The fraction of sp³-hybridized carbons (Fsp3) is 0.556. The van der Waals surface area contributed by atoms with Crippen molar-refractivity contribution in [1.82, 2.24) is 20.1 Å². The highest BCUT2D eigenvalue weighted by atomic mass is 16.6. The third-order valence-electron chi connectivity index (χ3n) is 2.59. The van der Waals surface area contributed by atoms with Crippen molar-refractivity contribution >= 4 is 11.8 Å². The van der Waals surface area contributed by atoms with Crippen LogP contribution in [0.3, 0.4) is 0 Å². The molecule has 0 spiro atoms. The van der Waals surface area contributed by atoms with Gasteiger partial charge in [0.05, 0.1) is 0 Å². The Labute approximate surface area is 92.0 Å². The average molecular weight is 224 g/mol. The van der Waals surface area contributed by atoms with Gasteiger partial charge in [-0.05, 0) is 5.16 Å². The second-order valence-corrected chi connectivity index (χ2v) is 3.59. The van der Waals surface area contributed by atoms with Gasteiger partial charge >= 0.3 is 0 Å². The van der Waals surface area contributed by atoms with E-state index in [-0.39, 0.29) is 17.5 Å². The lowest BCUT2D eigenvalue weighted by Crippen LogP contribution is -2.50. The Balaban J connectivity index is 1.94. The minimum absolute atomic E-state index is 0.0372. The van der Waals surface area contributed by atoms with Gasteiger partial charge in [-0.1, -0.05) is 5.16 Å². The van der Waals surface area contributed by atoms with Crippen LogP contribution in [-0.4, -0.2) is 58.1 Å². The Morgan fingerprint density at radius 1 is 1.25 bits per heavy atom. The first-order valence-corrected chi connectivity index (χ1v) is 5.01. The van der Waals surface area contributed by atoms with Crippen LogP contribution in [0.5, 0.6) is 0 Å². The van der Waals surface area contributed by atoms with Crippen molar-refractivity contribution in [1.29, 1.82) is 0 Å². The summed E-state index contributed by atoms with van der Waals surface area (Å²) in [5, 5.41) is 6.87. The molecule has 2 amide bonds. The number of aromatic nitrogens is 2. The Morgan fingerprint density at radius 2 is 1.88 bits per heavy atom. The minimum atomic E-state index is -0.204. The molecule has 1 aromatic rings. The smallest absolute Gasteiger partial charge is 0.277 e. The molecule has 0 saturated carbocycles. The summed E-state index contributed by atoms with van der Waals surface area (Å²) in [6, 6.07) is 0. The van der Waals surface area contributed by atoms with Crippen molar-refractivity contribution in [2.75, 3.05) is 26.2 Å². The van der Waals surface area contributed by atoms with E-state index in [0.717, 1.165) is 0 Å². The third-order valence-corrected chi connectivity index (χ3v) is 2.59. The molecule has 7 heteroatoms. The molecule has 1 fully saturated rings. The monoisotopic (exact) mass is 224 g/mol. The summed E-state index contributed by atoms with van der Waals surface area (Å²) in [4.78, 5) is 26.2. The topological polar surface area (TPSA) is 79.5 Å². The van der Waals surface area contributed by atoms with Crippen LogP contribution in [0.2, 0.25) is 0 Å². The quantitative estimate of drug-likeness (QED) is 0.634. The van der Waals surface area contributed by atoms with Gasteiger partial charge in [-0.25, -0.2) is 4.63 Å². The van der Waals surface area contributed by atoms with E-state index < -0.39 is 0 Å². The number of nitrogens with zero attached hydrogens (tertiary/aromatic N) is 4. The van der Waals surface area contributed by atoms with Gasteiger partial charge < -0.3 is 9.80 Å². The van der Waals surface area contributed by atoms with Gasteiger partial charge in [-0.2, -0.15) is 0 Å². The fourth-order valence-electron chi connectivity index (χ4n) is 1.65. The van der Waals surface area contributed by atoms with Crippen LogP contribution < -0.4 is 0 Å². The van der Waals surface area contributed by atoms with Gasteiger partial charge in [-0.3, -0.25) is 9.59 Å². The molecule has 0 bridgehead atoms. The number of piperazine rings is 1. The number of carbonyl (C=O) groups is 2. The van der Waals surface area contributed by atoms with Gasteiger partial charge in [0.1, 0.15) is 6.20 Å². The van der Waals surface area contributed by atoms with E-state index in [9.17, 15) is 9.59 Å². The fourth-order valence-corrected chi connectivity index (χ4v) is 1.65. The Kier molecular flexibility index (Phi) is 2.84. The molecule has 0 radical (unpaired) electrons. The van der Waals surface area contributed by atoms with Crippen LogP contribution >= 0.6 is 0 Å². The van der Waals surface area contributed by atoms with Gasteiger partial charge in [0.2, 0.25) is 5.91 Å². The van der Waals surface area contributed by atoms with Crippen LogP contribution in [0.4, 0.5) is 0 Å². The standard InChI is InChI=1S/C9H12N4O3/c1-7(14)12-2-4-13(5-3-12)9(15)8-6-10-16-11-8/h6H,2-5H2,1H3. The first-order valence-electron chi connectivity index (χ1n) is 5.01. The Bertz CT molecular complexity index is 381. The molecular weight excluding hydrogens is 212 g/mol. The van der Waals surface area contributed by atoms with Crippen molar-refractivity contribution in [2.45, 2.75) is 6.92 Å². The van der Waals surface area contributed by atoms with Crippen LogP contribution in [0.25, 0.3) is 0 Å². The summed E-state index contributed by atoms with van der Waals surface area (Å²) in [6.45, 7) is 3.69. The molecule has 1 aromatic heterocycles. The number of amides is 2.